The van der Waals surface area contributed by atoms with Gasteiger partial charge in [-0.1, -0.05) is 0 Å². The van der Waals surface area contributed by atoms with Gasteiger partial charge in [-0.05, 0) is 25.5 Å². The molecule has 0 aliphatic carbocycles. The highest BCUT2D eigenvalue weighted by atomic mass is 32.2. The van der Waals surface area contributed by atoms with Crippen molar-refractivity contribution in [2.45, 2.75) is 26.8 Å². The van der Waals surface area contributed by atoms with Gasteiger partial charge in [0.2, 0.25) is 11.2 Å². The van der Waals surface area contributed by atoms with Gasteiger partial charge in [0.1, 0.15) is 0 Å². The van der Waals surface area contributed by atoms with Crippen molar-refractivity contribution < 1.29 is 23.5 Å². The van der Waals surface area contributed by atoms with Crippen molar-refractivity contribution in [1.82, 2.24) is 5.27 Å². The number of anilines is 1. The van der Waals surface area contributed by atoms with Gasteiger partial charge in [0.15, 0.2) is 6.04 Å². The third-order valence-corrected chi connectivity index (χ3v) is 2.94. The summed E-state index contributed by atoms with van der Waals surface area (Å²) in [4.78, 5) is 22.6. The van der Waals surface area contributed by atoms with Gasteiger partial charge in [-0.15, -0.1) is 11.8 Å². The number of carbonyl (C=O) groups is 2. The SMILES string of the molecule is CCOC(=O)CSCC(=O)Nc1c[n+](C(C)C)no1. The van der Waals surface area contributed by atoms with E-state index in [1.807, 2.05) is 13.8 Å². The third kappa shape index (κ3) is 5.73. The monoisotopic (exact) mass is 288 g/mol. The first-order valence-corrected chi connectivity index (χ1v) is 7.09. The van der Waals surface area contributed by atoms with Crippen molar-refractivity contribution in [1.29, 1.82) is 0 Å². The van der Waals surface area contributed by atoms with Crippen LogP contribution in [0.3, 0.4) is 0 Å². The zero-order valence-electron chi connectivity index (χ0n) is 11.2. The minimum atomic E-state index is -0.322. The molecule has 1 amide bonds. The summed E-state index contributed by atoms with van der Waals surface area (Å²) in [5.41, 5.74) is 0. The van der Waals surface area contributed by atoms with E-state index in [2.05, 4.69) is 10.6 Å². The van der Waals surface area contributed by atoms with E-state index in [1.165, 1.54) is 11.8 Å². The first kappa shape index (κ1) is 15.5. The Labute approximate surface area is 115 Å². The number of aromatic nitrogens is 2. The van der Waals surface area contributed by atoms with Crippen LogP contribution in [0, 0.1) is 0 Å². The molecule has 1 N–H and O–H groups in total. The molecule has 0 unspecified atom stereocenters. The summed E-state index contributed by atoms with van der Waals surface area (Å²) < 4.78 is 11.3. The molecule has 7 nitrogen and oxygen atoms in total. The summed E-state index contributed by atoms with van der Waals surface area (Å²) >= 11 is 1.19. The Kier molecular flexibility index (Phi) is 6.34. The van der Waals surface area contributed by atoms with E-state index < -0.39 is 0 Å². The normalized spacial score (nSPS) is 10.5. The molecule has 1 rings (SSSR count). The molecule has 0 aliphatic heterocycles. The van der Waals surface area contributed by atoms with Crippen molar-refractivity contribution in [3.8, 4) is 0 Å². The molecule has 0 atom stereocenters. The molecule has 0 saturated carbocycles. The lowest BCUT2D eigenvalue weighted by Crippen LogP contribution is -2.36. The third-order valence-electron chi connectivity index (χ3n) is 2.03. The lowest BCUT2D eigenvalue weighted by atomic mass is 10.4. The number of amides is 1. The van der Waals surface area contributed by atoms with Gasteiger partial charge in [0.05, 0.1) is 18.1 Å². The molecule has 0 aromatic carbocycles. The standard InChI is InChI=1S/C11H17N3O4S/c1-4-17-11(16)7-19-6-9(15)12-10-5-14(8(2)3)13-18-10/h5,8H,4,6-7H2,1-3H3/p+1. The number of hydrogen-bond donors (Lipinski definition) is 1. The lowest BCUT2D eigenvalue weighted by molar-refractivity contribution is -0.779. The Bertz CT molecular complexity index is 433. The Morgan fingerprint density at radius 1 is 1.53 bits per heavy atom. The van der Waals surface area contributed by atoms with E-state index in [9.17, 15) is 9.59 Å². The molecule has 0 fully saturated rings. The smallest absolute Gasteiger partial charge is 0.315 e. The molecule has 0 spiro atoms. The van der Waals surface area contributed by atoms with Crippen LogP contribution in [-0.4, -0.2) is 35.3 Å². The lowest BCUT2D eigenvalue weighted by Gasteiger charge is -2.01. The van der Waals surface area contributed by atoms with Crippen LogP contribution < -0.4 is 10.00 Å². The molecule has 19 heavy (non-hydrogen) atoms. The second-order valence-electron chi connectivity index (χ2n) is 3.99. The van der Waals surface area contributed by atoms with Crippen LogP contribution in [0.1, 0.15) is 26.8 Å². The molecular formula is C11H18N3O4S+. The van der Waals surface area contributed by atoms with E-state index in [4.69, 9.17) is 9.26 Å². The average Bonchev–Trinajstić information content (AvgIpc) is 2.78. The van der Waals surface area contributed by atoms with Crippen LogP contribution in [0.4, 0.5) is 5.88 Å². The summed E-state index contributed by atoms with van der Waals surface area (Å²) in [6, 6.07) is 0.160. The van der Waals surface area contributed by atoms with Crippen molar-refractivity contribution in [2.24, 2.45) is 0 Å². The Morgan fingerprint density at radius 2 is 2.26 bits per heavy atom. The van der Waals surface area contributed by atoms with Gasteiger partial charge < -0.3 is 4.74 Å². The number of hydrogen-bond acceptors (Lipinski definition) is 6. The average molecular weight is 288 g/mol. The summed E-state index contributed by atoms with van der Waals surface area (Å²) in [5, 5.41) is 6.31. The van der Waals surface area contributed by atoms with E-state index in [0.29, 0.717) is 6.61 Å². The molecule has 0 saturated heterocycles. The number of nitrogens with one attached hydrogen (secondary N) is 1. The molecule has 1 aromatic heterocycles. The number of esters is 1. The van der Waals surface area contributed by atoms with Gasteiger partial charge in [0.25, 0.3) is 6.20 Å². The second-order valence-corrected chi connectivity index (χ2v) is 4.97. The Hall–Kier alpha value is -1.57. The van der Waals surface area contributed by atoms with E-state index >= 15 is 0 Å². The molecule has 0 radical (unpaired) electrons. The highest BCUT2D eigenvalue weighted by Gasteiger charge is 2.16. The number of carbonyl (C=O) groups excluding carboxylic acids is 2. The van der Waals surface area contributed by atoms with Crippen LogP contribution >= 0.6 is 11.8 Å². The Balaban J connectivity index is 2.28. The molecule has 1 aromatic rings. The van der Waals surface area contributed by atoms with Gasteiger partial charge >= 0.3 is 11.9 Å². The molecule has 1 heterocycles. The number of nitrogens with zero attached hydrogens (tertiary/aromatic N) is 2. The fraction of sp³-hybridized carbons (Fsp3) is 0.636. The zero-order valence-corrected chi connectivity index (χ0v) is 12.0. The first-order chi connectivity index (χ1) is 9.02. The van der Waals surface area contributed by atoms with E-state index in [1.54, 1.807) is 17.8 Å². The molecular weight excluding hydrogens is 270 g/mol. The van der Waals surface area contributed by atoms with E-state index in [0.717, 1.165) is 0 Å². The maximum atomic E-state index is 11.5. The number of thioether (sulfide) groups is 1. The van der Waals surface area contributed by atoms with Crippen molar-refractivity contribution in [2.75, 3.05) is 23.4 Å². The minimum Gasteiger partial charge on any atom is -0.465 e. The summed E-state index contributed by atoms with van der Waals surface area (Å²) in [5.74, 6) is 0.0274. The van der Waals surface area contributed by atoms with Gasteiger partial charge in [-0.3, -0.25) is 19.4 Å². The fourth-order valence-electron chi connectivity index (χ4n) is 1.16. The van der Waals surface area contributed by atoms with Crippen LogP contribution in [0.2, 0.25) is 0 Å². The van der Waals surface area contributed by atoms with Crippen molar-refractivity contribution in [3.05, 3.63) is 6.20 Å². The summed E-state index contributed by atoms with van der Waals surface area (Å²) in [6.45, 7) is 5.98. The van der Waals surface area contributed by atoms with E-state index in [-0.39, 0.29) is 35.3 Å². The van der Waals surface area contributed by atoms with Crippen LogP contribution in [0.25, 0.3) is 0 Å². The largest absolute Gasteiger partial charge is 0.465 e. The van der Waals surface area contributed by atoms with Crippen molar-refractivity contribution >= 4 is 29.5 Å². The first-order valence-electron chi connectivity index (χ1n) is 5.94. The van der Waals surface area contributed by atoms with Crippen LogP contribution in [0.5, 0.6) is 0 Å². The molecule has 0 bridgehead atoms. The predicted molar refractivity (Wildman–Crippen MR) is 69.7 cm³/mol. The zero-order chi connectivity index (χ0) is 14.3. The highest BCUT2D eigenvalue weighted by Crippen LogP contribution is 2.06. The quantitative estimate of drug-likeness (QED) is 0.589. The van der Waals surface area contributed by atoms with Crippen LogP contribution in [0.15, 0.2) is 10.7 Å². The van der Waals surface area contributed by atoms with Crippen LogP contribution in [-0.2, 0) is 14.3 Å². The number of rotatable bonds is 7. The molecule has 8 heteroatoms. The topological polar surface area (TPSA) is 85.3 Å². The molecule has 106 valence electrons. The van der Waals surface area contributed by atoms with Gasteiger partial charge in [0, 0.05) is 0 Å². The number of ether oxygens (including phenoxy) is 1. The molecule has 0 aliphatic rings. The minimum absolute atomic E-state index is 0.154. The van der Waals surface area contributed by atoms with Gasteiger partial charge in [-0.2, -0.15) is 0 Å². The summed E-state index contributed by atoms with van der Waals surface area (Å²) in [7, 11) is 0. The maximum Gasteiger partial charge on any atom is 0.315 e. The Morgan fingerprint density at radius 3 is 2.84 bits per heavy atom. The fourth-order valence-corrected chi connectivity index (χ4v) is 1.77. The second kappa shape index (κ2) is 7.78. The maximum absolute atomic E-state index is 11.5. The van der Waals surface area contributed by atoms with Crippen molar-refractivity contribution in [3.63, 3.8) is 0 Å². The summed E-state index contributed by atoms with van der Waals surface area (Å²) in [6.07, 6.45) is 1.61. The highest BCUT2D eigenvalue weighted by molar-refractivity contribution is 8.00. The predicted octanol–water partition coefficient (Wildman–Crippen LogP) is 0.778. The van der Waals surface area contributed by atoms with Gasteiger partial charge in [-0.25, -0.2) is 0 Å².